The van der Waals surface area contributed by atoms with Crippen LogP contribution in [0, 0.1) is 0 Å². The average Bonchev–Trinajstić information content (AvgIpc) is 2.92. The Balaban J connectivity index is 2.03. The number of hydrogen-bond donors (Lipinski definition) is 1. The number of ether oxygens (including phenoxy) is 1. The Bertz CT molecular complexity index is 1370. The average molecular weight is 593 g/mol. The fourth-order valence-electron chi connectivity index (χ4n) is 3.88. The number of hydrogen-bond acceptors (Lipinski definition) is 5. The van der Waals surface area contributed by atoms with E-state index in [0.29, 0.717) is 40.2 Å². The molecule has 208 valence electrons. The lowest BCUT2D eigenvalue weighted by Crippen LogP contribution is -2.51. The maximum atomic E-state index is 13.9. The van der Waals surface area contributed by atoms with Crippen LogP contribution in [0.4, 0.5) is 5.69 Å². The fourth-order valence-corrected chi connectivity index (χ4v) is 5.81. The van der Waals surface area contributed by atoms with Crippen LogP contribution in [0.15, 0.2) is 77.7 Å². The van der Waals surface area contributed by atoms with Crippen molar-refractivity contribution in [3.63, 3.8) is 0 Å². The molecule has 1 N–H and O–H groups in total. The third-order valence-corrected chi connectivity index (χ3v) is 8.45. The first kappa shape index (κ1) is 30.3. The van der Waals surface area contributed by atoms with Crippen molar-refractivity contribution in [2.24, 2.45) is 0 Å². The van der Waals surface area contributed by atoms with Gasteiger partial charge in [0, 0.05) is 28.7 Å². The Labute approximate surface area is 239 Å². The molecule has 0 saturated heterocycles. The summed E-state index contributed by atoms with van der Waals surface area (Å²) in [6.45, 7) is 5.30. The second-order valence-corrected chi connectivity index (χ2v) is 11.2. The molecule has 8 nitrogen and oxygen atoms in total. The Morgan fingerprint density at radius 1 is 0.923 bits per heavy atom. The normalized spacial score (nSPS) is 11.9. The predicted octanol–water partition coefficient (Wildman–Crippen LogP) is 5.14. The van der Waals surface area contributed by atoms with Gasteiger partial charge in [-0.25, -0.2) is 8.42 Å². The summed E-state index contributed by atoms with van der Waals surface area (Å²) in [5, 5.41) is 3.36. The summed E-state index contributed by atoms with van der Waals surface area (Å²) in [5.41, 5.74) is 0.743. The van der Waals surface area contributed by atoms with Crippen molar-refractivity contribution in [2.75, 3.05) is 24.0 Å². The summed E-state index contributed by atoms with van der Waals surface area (Å²) in [5.74, 6) is -0.477. The monoisotopic (exact) mass is 591 g/mol. The molecule has 0 saturated carbocycles. The molecule has 0 aliphatic rings. The molecule has 0 radical (unpaired) electrons. The maximum Gasteiger partial charge on any atom is 0.264 e. The van der Waals surface area contributed by atoms with Crippen LogP contribution in [0.1, 0.15) is 26.3 Å². The van der Waals surface area contributed by atoms with Crippen molar-refractivity contribution in [2.45, 2.75) is 38.3 Å². The van der Waals surface area contributed by atoms with Gasteiger partial charge in [-0.1, -0.05) is 47.5 Å². The molecule has 0 bridgehead atoms. The predicted molar refractivity (Wildman–Crippen MR) is 154 cm³/mol. The Morgan fingerprint density at radius 3 is 2.10 bits per heavy atom. The van der Waals surface area contributed by atoms with Gasteiger partial charge in [-0.15, -0.1) is 0 Å². The minimum atomic E-state index is -4.18. The molecular formula is C28H31Cl2N3O5S. The van der Waals surface area contributed by atoms with Crippen LogP contribution in [0.5, 0.6) is 5.75 Å². The largest absolute Gasteiger partial charge is 0.494 e. The Kier molecular flexibility index (Phi) is 10.6. The van der Waals surface area contributed by atoms with E-state index in [2.05, 4.69) is 5.32 Å². The number of nitrogens with zero attached hydrogens (tertiary/aromatic N) is 2. The van der Waals surface area contributed by atoms with Crippen LogP contribution < -0.4 is 14.4 Å². The minimum Gasteiger partial charge on any atom is -0.494 e. The van der Waals surface area contributed by atoms with E-state index in [1.165, 1.54) is 17.0 Å². The van der Waals surface area contributed by atoms with E-state index < -0.39 is 34.4 Å². The zero-order valence-electron chi connectivity index (χ0n) is 21.9. The van der Waals surface area contributed by atoms with E-state index >= 15 is 0 Å². The van der Waals surface area contributed by atoms with E-state index in [0.717, 1.165) is 4.31 Å². The molecule has 3 aromatic rings. The SMILES string of the molecule is CCNC(=O)[C@H](C)N(Cc1c(Cl)cccc1Cl)C(=O)CN(c1ccccc1)S(=O)(=O)c1ccc(OCC)cc1. The maximum absolute atomic E-state index is 13.9. The third-order valence-electron chi connectivity index (χ3n) is 5.95. The molecule has 0 unspecified atom stereocenters. The molecule has 3 aromatic carbocycles. The van der Waals surface area contributed by atoms with Crippen LogP contribution in [0.25, 0.3) is 0 Å². The Morgan fingerprint density at radius 2 is 1.54 bits per heavy atom. The number of carbonyl (C=O) groups excluding carboxylic acids is 2. The number of benzene rings is 3. The van der Waals surface area contributed by atoms with Crippen LogP contribution in [0.3, 0.4) is 0 Å². The number of carbonyl (C=O) groups is 2. The molecule has 0 heterocycles. The van der Waals surface area contributed by atoms with E-state index in [-0.39, 0.29) is 11.4 Å². The number of likely N-dealkylation sites (N-methyl/N-ethyl adjacent to an activating group) is 1. The van der Waals surface area contributed by atoms with E-state index in [1.807, 2.05) is 6.92 Å². The summed E-state index contributed by atoms with van der Waals surface area (Å²) >= 11 is 12.7. The Hall–Kier alpha value is -3.27. The molecule has 2 amide bonds. The van der Waals surface area contributed by atoms with Crippen LogP contribution in [0.2, 0.25) is 10.0 Å². The summed E-state index contributed by atoms with van der Waals surface area (Å²) in [6.07, 6.45) is 0. The van der Waals surface area contributed by atoms with Gasteiger partial charge in [0.1, 0.15) is 18.3 Å². The van der Waals surface area contributed by atoms with Crippen LogP contribution >= 0.6 is 23.2 Å². The second-order valence-electron chi connectivity index (χ2n) is 8.54. The molecule has 39 heavy (non-hydrogen) atoms. The highest BCUT2D eigenvalue weighted by atomic mass is 35.5. The molecule has 0 spiro atoms. The summed E-state index contributed by atoms with van der Waals surface area (Å²) < 4.78 is 34.1. The first-order valence-corrected chi connectivity index (χ1v) is 14.6. The number of rotatable bonds is 12. The standard InChI is InChI=1S/C28H31Cl2N3O5S/c1-4-31-28(35)20(3)32(18-24-25(29)12-9-13-26(24)30)27(34)19-33(21-10-7-6-8-11-21)39(36,37)23-16-14-22(15-17-23)38-5-2/h6-17,20H,4-5,18-19H2,1-3H3,(H,31,35)/t20-/m0/s1. The summed E-state index contributed by atoms with van der Waals surface area (Å²) in [7, 11) is -4.18. The smallest absolute Gasteiger partial charge is 0.264 e. The van der Waals surface area contributed by atoms with E-state index in [4.69, 9.17) is 27.9 Å². The highest BCUT2D eigenvalue weighted by Gasteiger charge is 2.33. The van der Waals surface area contributed by atoms with Crippen molar-refractivity contribution in [3.05, 3.63) is 88.4 Å². The molecular weight excluding hydrogens is 561 g/mol. The fraction of sp³-hybridized carbons (Fsp3) is 0.286. The first-order chi connectivity index (χ1) is 18.6. The van der Waals surface area contributed by atoms with E-state index in [9.17, 15) is 18.0 Å². The molecule has 11 heteroatoms. The van der Waals surface area contributed by atoms with Crippen molar-refractivity contribution in [1.29, 1.82) is 0 Å². The van der Waals surface area contributed by atoms with Crippen molar-refractivity contribution >= 4 is 50.7 Å². The van der Waals surface area contributed by atoms with E-state index in [1.54, 1.807) is 74.5 Å². The summed E-state index contributed by atoms with van der Waals surface area (Å²) in [6, 6.07) is 18.3. The number of nitrogens with one attached hydrogen (secondary N) is 1. The van der Waals surface area contributed by atoms with Gasteiger partial charge in [0.2, 0.25) is 11.8 Å². The molecule has 0 fully saturated rings. The van der Waals surface area contributed by atoms with Crippen molar-refractivity contribution in [1.82, 2.24) is 10.2 Å². The molecule has 1 atom stereocenters. The zero-order chi connectivity index (χ0) is 28.6. The highest BCUT2D eigenvalue weighted by molar-refractivity contribution is 7.92. The lowest BCUT2D eigenvalue weighted by molar-refractivity contribution is -0.139. The van der Waals surface area contributed by atoms with Gasteiger partial charge in [0.05, 0.1) is 17.2 Å². The quantitative estimate of drug-likeness (QED) is 0.314. The van der Waals surface area contributed by atoms with Gasteiger partial charge in [0.15, 0.2) is 0 Å². The minimum absolute atomic E-state index is 0.0138. The molecule has 0 aliphatic carbocycles. The second kappa shape index (κ2) is 13.7. The topological polar surface area (TPSA) is 96.0 Å². The van der Waals surface area contributed by atoms with Gasteiger partial charge in [0.25, 0.3) is 10.0 Å². The molecule has 0 aliphatic heterocycles. The van der Waals surface area contributed by atoms with Gasteiger partial charge >= 0.3 is 0 Å². The van der Waals surface area contributed by atoms with Gasteiger partial charge in [-0.2, -0.15) is 0 Å². The number of halogens is 2. The number of amides is 2. The third kappa shape index (κ3) is 7.44. The molecule has 3 rings (SSSR count). The zero-order valence-corrected chi connectivity index (χ0v) is 24.3. The first-order valence-electron chi connectivity index (χ1n) is 12.4. The van der Waals surface area contributed by atoms with Gasteiger partial charge in [-0.05, 0) is 69.3 Å². The van der Waals surface area contributed by atoms with Crippen molar-refractivity contribution < 1.29 is 22.7 Å². The lowest BCUT2D eigenvalue weighted by atomic mass is 10.1. The number of sulfonamides is 1. The van der Waals surface area contributed by atoms with Crippen LogP contribution in [-0.2, 0) is 26.2 Å². The van der Waals surface area contributed by atoms with Gasteiger partial charge in [-0.3, -0.25) is 13.9 Å². The summed E-state index contributed by atoms with van der Waals surface area (Å²) in [4.78, 5) is 27.9. The number of para-hydroxylation sites is 1. The number of anilines is 1. The lowest BCUT2D eigenvalue weighted by Gasteiger charge is -2.32. The highest BCUT2D eigenvalue weighted by Crippen LogP contribution is 2.28. The molecule has 0 aromatic heterocycles. The van der Waals surface area contributed by atoms with Gasteiger partial charge < -0.3 is 15.0 Å². The van der Waals surface area contributed by atoms with Crippen LogP contribution in [-0.4, -0.2) is 50.9 Å². The van der Waals surface area contributed by atoms with Crippen molar-refractivity contribution in [3.8, 4) is 5.75 Å².